The van der Waals surface area contributed by atoms with Crippen LogP contribution in [0.5, 0.6) is 0 Å². The standard InChI is InChI=1S/C17H16BrNO/c18-14-8-5-12(6-9-14)11-13-7-10-17(19-20)16-4-2-1-3-15(13)16/h1-6,8-9,13,20H,7,10-11H2/b19-17-. The fraction of sp³-hybridized carbons (Fsp3) is 0.235. The Labute approximate surface area is 127 Å². The highest BCUT2D eigenvalue weighted by molar-refractivity contribution is 9.10. The van der Waals surface area contributed by atoms with Gasteiger partial charge in [0.25, 0.3) is 0 Å². The normalized spacial score (nSPS) is 19.9. The van der Waals surface area contributed by atoms with Gasteiger partial charge in [-0.05, 0) is 48.4 Å². The highest BCUT2D eigenvalue weighted by Crippen LogP contribution is 2.34. The third-order valence-corrected chi connectivity index (χ3v) is 4.49. The molecule has 0 aliphatic heterocycles. The predicted molar refractivity (Wildman–Crippen MR) is 84.6 cm³/mol. The summed E-state index contributed by atoms with van der Waals surface area (Å²) in [6, 6.07) is 16.8. The van der Waals surface area contributed by atoms with Gasteiger partial charge in [-0.1, -0.05) is 57.5 Å². The largest absolute Gasteiger partial charge is 0.411 e. The highest BCUT2D eigenvalue weighted by Gasteiger charge is 2.24. The predicted octanol–water partition coefficient (Wildman–Crippen LogP) is 4.75. The van der Waals surface area contributed by atoms with Gasteiger partial charge in [0.2, 0.25) is 0 Å². The molecule has 3 heteroatoms. The van der Waals surface area contributed by atoms with E-state index in [-0.39, 0.29) is 0 Å². The Kier molecular flexibility index (Phi) is 3.88. The summed E-state index contributed by atoms with van der Waals surface area (Å²) in [5, 5.41) is 12.6. The van der Waals surface area contributed by atoms with Crippen molar-refractivity contribution in [3.8, 4) is 0 Å². The molecule has 0 spiro atoms. The Hall–Kier alpha value is -1.61. The van der Waals surface area contributed by atoms with E-state index in [2.05, 4.69) is 63.6 Å². The van der Waals surface area contributed by atoms with Gasteiger partial charge in [-0.15, -0.1) is 0 Å². The minimum absolute atomic E-state index is 0.498. The Balaban J connectivity index is 1.90. The van der Waals surface area contributed by atoms with E-state index in [0.29, 0.717) is 5.92 Å². The van der Waals surface area contributed by atoms with Crippen LogP contribution in [0.1, 0.15) is 35.4 Å². The molecule has 1 atom stereocenters. The molecule has 1 unspecified atom stereocenters. The average molecular weight is 330 g/mol. The molecule has 0 bridgehead atoms. The molecule has 1 aliphatic rings. The van der Waals surface area contributed by atoms with E-state index >= 15 is 0 Å². The fourth-order valence-electron chi connectivity index (χ4n) is 2.94. The van der Waals surface area contributed by atoms with Gasteiger partial charge in [0.05, 0.1) is 5.71 Å². The lowest BCUT2D eigenvalue weighted by Crippen LogP contribution is -2.18. The molecule has 0 heterocycles. The lowest BCUT2D eigenvalue weighted by atomic mass is 9.79. The van der Waals surface area contributed by atoms with Gasteiger partial charge in [-0.3, -0.25) is 0 Å². The number of hydrogen-bond donors (Lipinski definition) is 1. The van der Waals surface area contributed by atoms with Gasteiger partial charge < -0.3 is 5.21 Å². The van der Waals surface area contributed by atoms with Crippen molar-refractivity contribution in [1.82, 2.24) is 0 Å². The van der Waals surface area contributed by atoms with Crippen LogP contribution in [-0.2, 0) is 6.42 Å². The first-order valence-electron chi connectivity index (χ1n) is 6.82. The molecule has 0 saturated carbocycles. The van der Waals surface area contributed by atoms with Crippen LogP contribution >= 0.6 is 15.9 Å². The summed E-state index contributed by atoms with van der Waals surface area (Å²) in [4.78, 5) is 0. The first-order chi connectivity index (χ1) is 9.78. The molecule has 2 nitrogen and oxygen atoms in total. The van der Waals surface area contributed by atoms with E-state index in [4.69, 9.17) is 5.21 Å². The number of halogens is 1. The molecule has 102 valence electrons. The van der Waals surface area contributed by atoms with Crippen molar-refractivity contribution < 1.29 is 5.21 Å². The van der Waals surface area contributed by atoms with Crippen LogP contribution in [0.15, 0.2) is 58.2 Å². The fourth-order valence-corrected chi connectivity index (χ4v) is 3.20. The third kappa shape index (κ3) is 2.63. The van der Waals surface area contributed by atoms with Gasteiger partial charge in [0.1, 0.15) is 0 Å². The number of fused-ring (bicyclic) bond motifs is 1. The number of nitrogens with zero attached hydrogens (tertiary/aromatic N) is 1. The van der Waals surface area contributed by atoms with Gasteiger partial charge >= 0.3 is 0 Å². The van der Waals surface area contributed by atoms with Crippen molar-refractivity contribution in [2.45, 2.75) is 25.2 Å². The summed E-state index contributed by atoms with van der Waals surface area (Å²) in [5.74, 6) is 0.498. The summed E-state index contributed by atoms with van der Waals surface area (Å²) in [6.07, 6.45) is 2.91. The minimum Gasteiger partial charge on any atom is -0.411 e. The summed E-state index contributed by atoms with van der Waals surface area (Å²) in [7, 11) is 0. The smallest absolute Gasteiger partial charge is 0.0870 e. The van der Waals surface area contributed by atoms with Crippen LogP contribution in [0.25, 0.3) is 0 Å². The van der Waals surface area contributed by atoms with Crippen molar-refractivity contribution in [3.63, 3.8) is 0 Å². The number of oxime groups is 1. The van der Waals surface area contributed by atoms with Crippen LogP contribution in [-0.4, -0.2) is 10.9 Å². The Bertz CT molecular complexity index is 634. The Morgan fingerprint density at radius 2 is 1.85 bits per heavy atom. The van der Waals surface area contributed by atoms with Gasteiger partial charge in [-0.2, -0.15) is 0 Å². The summed E-state index contributed by atoms with van der Waals surface area (Å²) in [5.41, 5.74) is 4.56. The second-order valence-corrected chi connectivity index (χ2v) is 6.12. The van der Waals surface area contributed by atoms with Crippen LogP contribution in [0, 0.1) is 0 Å². The zero-order valence-electron chi connectivity index (χ0n) is 11.1. The average Bonchev–Trinajstić information content (AvgIpc) is 2.50. The van der Waals surface area contributed by atoms with Crippen LogP contribution in [0.3, 0.4) is 0 Å². The van der Waals surface area contributed by atoms with Crippen LogP contribution < -0.4 is 0 Å². The number of benzene rings is 2. The van der Waals surface area contributed by atoms with E-state index < -0.39 is 0 Å². The topological polar surface area (TPSA) is 32.6 Å². The van der Waals surface area contributed by atoms with E-state index in [1.54, 1.807) is 0 Å². The second kappa shape index (κ2) is 5.80. The SMILES string of the molecule is O/N=C1/CCC(Cc2ccc(Br)cc2)c2ccccc21. The van der Waals surface area contributed by atoms with E-state index in [1.165, 1.54) is 11.1 Å². The van der Waals surface area contributed by atoms with E-state index in [1.807, 2.05) is 6.07 Å². The third-order valence-electron chi connectivity index (χ3n) is 3.96. The van der Waals surface area contributed by atoms with Crippen LogP contribution in [0.4, 0.5) is 0 Å². The van der Waals surface area contributed by atoms with Crippen molar-refractivity contribution in [2.24, 2.45) is 5.16 Å². The van der Waals surface area contributed by atoms with Crippen molar-refractivity contribution in [2.75, 3.05) is 0 Å². The second-order valence-electron chi connectivity index (χ2n) is 5.20. The van der Waals surface area contributed by atoms with Crippen molar-refractivity contribution in [1.29, 1.82) is 0 Å². The lowest BCUT2D eigenvalue weighted by molar-refractivity contribution is 0.317. The molecule has 2 aromatic rings. The molecule has 0 amide bonds. The summed E-state index contributed by atoms with van der Waals surface area (Å²) in [6.45, 7) is 0. The zero-order chi connectivity index (χ0) is 13.9. The monoisotopic (exact) mass is 329 g/mol. The molecule has 1 N–H and O–H groups in total. The molecule has 3 rings (SSSR count). The molecule has 0 saturated heterocycles. The number of rotatable bonds is 2. The first-order valence-corrected chi connectivity index (χ1v) is 7.62. The maximum Gasteiger partial charge on any atom is 0.0870 e. The van der Waals surface area contributed by atoms with E-state index in [9.17, 15) is 0 Å². The molecule has 20 heavy (non-hydrogen) atoms. The van der Waals surface area contributed by atoms with Crippen molar-refractivity contribution >= 4 is 21.6 Å². The highest BCUT2D eigenvalue weighted by atomic mass is 79.9. The van der Waals surface area contributed by atoms with E-state index in [0.717, 1.165) is 35.0 Å². The molecule has 0 aromatic heterocycles. The molecule has 0 radical (unpaired) electrons. The minimum atomic E-state index is 0.498. The first kappa shape index (κ1) is 13.4. The Morgan fingerprint density at radius 3 is 2.60 bits per heavy atom. The van der Waals surface area contributed by atoms with Crippen LogP contribution in [0.2, 0.25) is 0 Å². The van der Waals surface area contributed by atoms with Gasteiger partial charge in [0.15, 0.2) is 0 Å². The zero-order valence-corrected chi connectivity index (χ0v) is 12.7. The molecule has 0 fully saturated rings. The van der Waals surface area contributed by atoms with Gasteiger partial charge in [0, 0.05) is 10.0 Å². The number of hydrogen-bond acceptors (Lipinski definition) is 2. The summed E-state index contributed by atoms with van der Waals surface area (Å²) < 4.78 is 1.11. The quantitative estimate of drug-likeness (QED) is 0.626. The molecular formula is C17H16BrNO. The summed E-state index contributed by atoms with van der Waals surface area (Å²) >= 11 is 3.47. The molecule has 2 aromatic carbocycles. The maximum atomic E-state index is 9.13. The maximum absolute atomic E-state index is 9.13. The molecular weight excluding hydrogens is 314 g/mol. The molecule has 1 aliphatic carbocycles. The Morgan fingerprint density at radius 1 is 1.10 bits per heavy atom. The lowest BCUT2D eigenvalue weighted by Gasteiger charge is -2.26. The van der Waals surface area contributed by atoms with Crippen molar-refractivity contribution in [3.05, 3.63) is 69.7 Å². The van der Waals surface area contributed by atoms with Gasteiger partial charge in [-0.25, -0.2) is 0 Å².